The monoisotopic (exact) mass is 307 g/mol. The number of nitrogens with one attached hydrogen (secondary N) is 2. The lowest BCUT2D eigenvalue weighted by atomic mass is 9.97. The molecule has 1 aromatic rings. The quantitative estimate of drug-likeness (QED) is 0.893. The summed E-state index contributed by atoms with van der Waals surface area (Å²) in [5.74, 6) is -0.0176. The Morgan fingerprint density at radius 3 is 2.90 bits per heavy atom. The van der Waals surface area contributed by atoms with E-state index >= 15 is 0 Å². The molecule has 2 aliphatic rings. The molecule has 3 amide bonds. The van der Waals surface area contributed by atoms with Gasteiger partial charge in [-0.25, -0.2) is 4.79 Å². The van der Waals surface area contributed by atoms with Crippen molar-refractivity contribution in [2.75, 3.05) is 13.1 Å². The van der Waals surface area contributed by atoms with E-state index in [2.05, 4.69) is 10.6 Å². The molecule has 1 aromatic heterocycles. The summed E-state index contributed by atoms with van der Waals surface area (Å²) in [5.41, 5.74) is 0. The maximum atomic E-state index is 12.2. The lowest BCUT2D eigenvalue weighted by Crippen LogP contribution is -2.49. The minimum absolute atomic E-state index is 0.00624. The number of likely N-dealkylation sites (tertiary alicyclic amines) is 1. The summed E-state index contributed by atoms with van der Waals surface area (Å²) in [5, 5.41) is 7.98. The van der Waals surface area contributed by atoms with Crippen LogP contribution in [0.25, 0.3) is 0 Å². The summed E-state index contributed by atoms with van der Waals surface area (Å²) in [4.78, 5) is 27.2. The molecule has 114 valence electrons. The predicted octanol–water partition coefficient (Wildman–Crippen LogP) is 1.95. The Labute approximate surface area is 128 Å². The van der Waals surface area contributed by atoms with Crippen molar-refractivity contribution in [1.82, 2.24) is 15.5 Å². The maximum Gasteiger partial charge on any atom is 0.317 e. The molecule has 3 rings (SSSR count). The van der Waals surface area contributed by atoms with Crippen molar-refractivity contribution < 1.29 is 9.59 Å². The van der Waals surface area contributed by atoms with Crippen molar-refractivity contribution in [3.05, 3.63) is 22.4 Å². The number of thiophene rings is 1. The van der Waals surface area contributed by atoms with E-state index in [0.29, 0.717) is 19.1 Å². The average molecular weight is 307 g/mol. The normalized spacial score (nSPS) is 21.9. The van der Waals surface area contributed by atoms with Crippen LogP contribution in [-0.4, -0.2) is 36.0 Å². The fraction of sp³-hybridized carbons (Fsp3) is 0.600. The summed E-state index contributed by atoms with van der Waals surface area (Å²) in [7, 11) is 0. The van der Waals surface area contributed by atoms with Crippen molar-refractivity contribution >= 4 is 23.3 Å². The number of nitrogens with zero attached hydrogens (tertiary/aromatic N) is 1. The Balaban J connectivity index is 1.47. The highest BCUT2D eigenvalue weighted by molar-refractivity contribution is 7.09. The van der Waals surface area contributed by atoms with Crippen LogP contribution in [0.1, 0.15) is 30.6 Å². The van der Waals surface area contributed by atoms with Crippen LogP contribution in [0.4, 0.5) is 4.79 Å². The highest BCUT2D eigenvalue weighted by Gasteiger charge is 2.31. The molecule has 0 radical (unpaired) electrons. The number of hydrogen-bond acceptors (Lipinski definition) is 3. The van der Waals surface area contributed by atoms with Crippen molar-refractivity contribution in [2.45, 2.75) is 38.3 Å². The van der Waals surface area contributed by atoms with Gasteiger partial charge >= 0.3 is 6.03 Å². The van der Waals surface area contributed by atoms with Gasteiger partial charge in [0.1, 0.15) is 0 Å². The molecule has 2 fully saturated rings. The number of piperidine rings is 1. The smallest absolute Gasteiger partial charge is 0.317 e. The second-order valence-electron chi connectivity index (χ2n) is 5.81. The topological polar surface area (TPSA) is 61.4 Å². The fourth-order valence-corrected chi connectivity index (χ4v) is 3.25. The first kappa shape index (κ1) is 14.4. The van der Waals surface area contributed by atoms with E-state index in [0.717, 1.165) is 37.1 Å². The SMILES string of the molecule is O=C(NCc1cccs1)[C@H]1CCCN(C(=O)NC2CC2)C1. The van der Waals surface area contributed by atoms with Crippen LogP contribution >= 0.6 is 11.3 Å². The summed E-state index contributed by atoms with van der Waals surface area (Å²) in [6, 6.07) is 4.36. The lowest BCUT2D eigenvalue weighted by molar-refractivity contribution is -0.126. The largest absolute Gasteiger partial charge is 0.351 e. The van der Waals surface area contributed by atoms with Crippen molar-refractivity contribution in [3.63, 3.8) is 0 Å². The highest BCUT2D eigenvalue weighted by Crippen LogP contribution is 2.21. The molecule has 0 bridgehead atoms. The molecular weight excluding hydrogens is 286 g/mol. The van der Waals surface area contributed by atoms with Gasteiger partial charge in [0.05, 0.1) is 12.5 Å². The lowest BCUT2D eigenvalue weighted by Gasteiger charge is -2.32. The molecule has 1 aliphatic heterocycles. The van der Waals surface area contributed by atoms with Crippen LogP contribution in [0.3, 0.4) is 0 Å². The third-order valence-electron chi connectivity index (χ3n) is 4.00. The van der Waals surface area contributed by atoms with Crippen LogP contribution in [-0.2, 0) is 11.3 Å². The molecule has 0 spiro atoms. The Hall–Kier alpha value is -1.56. The molecule has 0 aromatic carbocycles. The number of rotatable bonds is 4. The van der Waals surface area contributed by atoms with Crippen molar-refractivity contribution in [3.8, 4) is 0 Å². The van der Waals surface area contributed by atoms with Gasteiger partial charge in [-0.1, -0.05) is 6.07 Å². The second-order valence-corrected chi connectivity index (χ2v) is 6.84. The summed E-state index contributed by atoms with van der Waals surface area (Å²) < 4.78 is 0. The van der Waals surface area contributed by atoms with Crippen molar-refractivity contribution in [2.24, 2.45) is 5.92 Å². The van der Waals surface area contributed by atoms with E-state index in [1.165, 1.54) is 0 Å². The first-order valence-electron chi connectivity index (χ1n) is 7.58. The van der Waals surface area contributed by atoms with Crippen LogP contribution in [0.15, 0.2) is 17.5 Å². The molecule has 2 N–H and O–H groups in total. The summed E-state index contributed by atoms with van der Waals surface area (Å²) in [6.45, 7) is 1.88. The minimum atomic E-state index is -0.0799. The first-order valence-corrected chi connectivity index (χ1v) is 8.46. The maximum absolute atomic E-state index is 12.2. The van der Waals surface area contributed by atoms with Gasteiger partial charge in [-0.05, 0) is 37.1 Å². The fourth-order valence-electron chi connectivity index (χ4n) is 2.60. The minimum Gasteiger partial charge on any atom is -0.351 e. The number of urea groups is 1. The van der Waals surface area contributed by atoms with Gasteiger partial charge in [-0.3, -0.25) is 4.79 Å². The molecule has 1 saturated heterocycles. The van der Waals surface area contributed by atoms with E-state index in [9.17, 15) is 9.59 Å². The Morgan fingerprint density at radius 1 is 1.33 bits per heavy atom. The van der Waals surface area contributed by atoms with Gasteiger partial charge < -0.3 is 15.5 Å². The summed E-state index contributed by atoms with van der Waals surface area (Å²) in [6.07, 6.45) is 3.94. The van der Waals surface area contributed by atoms with Gasteiger partial charge in [0.2, 0.25) is 5.91 Å². The molecule has 2 heterocycles. The number of carbonyl (C=O) groups excluding carboxylic acids is 2. The molecular formula is C15H21N3O2S. The zero-order valence-electron chi connectivity index (χ0n) is 12.0. The van der Waals surface area contributed by atoms with E-state index in [1.54, 1.807) is 16.2 Å². The van der Waals surface area contributed by atoms with E-state index in [-0.39, 0.29) is 17.9 Å². The van der Waals surface area contributed by atoms with E-state index in [4.69, 9.17) is 0 Å². The van der Waals surface area contributed by atoms with Crippen LogP contribution in [0.5, 0.6) is 0 Å². The van der Waals surface area contributed by atoms with Gasteiger partial charge in [0, 0.05) is 24.0 Å². The second kappa shape index (κ2) is 6.47. The molecule has 21 heavy (non-hydrogen) atoms. The van der Waals surface area contributed by atoms with E-state index in [1.807, 2.05) is 17.5 Å². The van der Waals surface area contributed by atoms with Crippen molar-refractivity contribution in [1.29, 1.82) is 0 Å². The third kappa shape index (κ3) is 3.97. The zero-order chi connectivity index (χ0) is 14.7. The Morgan fingerprint density at radius 2 is 2.19 bits per heavy atom. The highest BCUT2D eigenvalue weighted by atomic mass is 32.1. The number of amides is 3. The van der Waals surface area contributed by atoms with Gasteiger partial charge in [0.15, 0.2) is 0 Å². The van der Waals surface area contributed by atoms with Gasteiger partial charge in [0.25, 0.3) is 0 Å². The molecule has 1 saturated carbocycles. The molecule has 6 heteroatoms. The molecule has 1 atom stereocenters. The third-order valence-corrected chi connectivity index (χ3v) is 4.88. The summed E-state index contributed by atoms with van der Waals surface area (Å²) >= 11 is 1.64. The zero-order valence-corrected chi connectivity index (χ0v) is 12.8. The number of hydrogen-bond donors (Lipinski definition) is 2. The Kier molecular flexibility index (Phi) is 4.43. The Bertz CT molecular complexity index is 499. The van der Waals surface area contributed by atoms with E-state index < -0.39 is 0 Å². The van der Waals surface area contributed by atoms with Crippen LogP contribution in [0.2, 0.25) is 0 Å². The van der Waals surface area contributed by atoms with Crippen LogP contribution < -0.4 is 10.6 Å². The van der Waals surface area contributed by atoms with Gasteiger partial charge in [-0.2, -0.15) is 0 Å². The van der Waals surface area contributed by atoms with Gasteiger partial charge in [-0.15, -0.1) is 11.3 Å². The average Bonchev–Trinajstić information content (AvgIpc) is 3.16. The standard InChI is InChI=1S/C15H21N3O2S/c19-14(16-9-13-4-2-8-21-13)11-3-1-7-18(10-11)15(20)17-12-5-6-12/h2,4,8,11-12H,1,3,5-7,9-10H2,(H,16,19)(H,17,20)/t11-/m0/s1. The molecule has 0 unspecified atom stereocenters. The molecule has 1 aliphatic carbocycles. The van der Waals surface area contributed by atoms with Crippen LogP contribution in [0, 0.1) is 5.92 Å². The molecule has 5 nitrogen and oxygen atoms in total. The number of carbonyl (C=O) groups is 2. The predicted molar refractivity (Wildman–Crippen MR) is 82.0 cm³/mol. The first-order chi connectivity index (χ1) is 10.2.